The predicted molar refractivity (Wildman–Crippen MR) is 65.9 cm³/mol. The van der Waals surface area contributed by atoms with E-state index in [2.05, 4.69) is 21.3 Å². The summed E-state index contributed by atoms with van der Waals surface area (Å²) < 4.78 is 0. The highest BCUT2D eigenvalue weighted by atomic mass is 16.3. The van der Waals surface area contributed by atoms with E-state index in [1.807, 2.05) is 20.2 Å². The fraction of sp³-hybridized carbons (Fsp3) is 0.583. The third kappa shape index (κ3) is 2.44. The maximum atomic E-state index is 10.1. The molecule has 16 heavy (non-hydrogen) atoms. The van der Waals surface area contributed by atoms with Gasteiger partial charge in [-0.3, -0.25) is 4.98 Å². The molecule has 0 saturated carbocycles. The Hall–Kier alpha value is -1.29. The summed E-state index contributed by atoms with van der Waals surface area (Å²) in [5.74, 6) is 0. The van der Waals surface area contributed by atoms with Crippen molar-refractivity contribution in [2.75, 3.05) is 30.4 Å². The number of nitrogens with one attached hydrogen (secondary N) is 1. The molecule has 1 aliphatic heterocycles. The first-order valence-corrected chi connectivity index (χ1v) is 5.71. The molecule has 4 nitrogen and oxygen atoms in total. The van der Waals surface area contributed by atoms with Gasteiger partial charge in [0.15, 0.2) is 0 Å². The average molecular weight is 221 g/mol. The van der Waals surface area contributed by atoms with Gasteiger partial charge in [-0.15, -0.1) is 0 Å². The summed E-state index contributed by atoms with van der Waals surface area (Å²) in [6, 6.07) is 2.06. The second kappa shape index (κ2) is 4.29. The van der Waals surface area contributed by atoms with E-state index in [1.54, 1.807) is 6.20 Å². The summed E-state index contributed by atoms with van der Waals surface area (Å²) in [6.45, 7) is 3.57. The molecule has 0 aliphatic carbocycles. The van der Waals surface area contributed by atoms with Gasteiger partial charge < -0.3 is 15.3 Å². The van der Waals surface area contributed by atoms with Crippen molar-refractivity contribution < 1.29 is 5.11 Å². The van der Waals surface area contributed by atoms with Gasteiger partial charge in [0.25, 0.3) is 0 Å². The zero-order valence-corrected chi connectivity index (χ0v) is 9.90. The fourth-order valence-corrected chi connectivity index (χ4v) is 2.18. The van der Waals surface area contributed by atoms with Crippen molar-refractivity contribution in [3.8, 4) is 0 Å². The number of aliphatic hydroxyl groups is 1. The number of hydrogen-bond donors (Lipinski definition) is 2. The van der Waals surface area contributed by atoms with Gasteiger partial charge in [0.1, 0.15) is 0 Å². The number of nitrogens with zero attached hydrogens (tertiary/aromatic N) is 2. The number of hydrogen-bond acceptors (Lipinski definition) is 4. The van der Waals surface area contributed by atoms with Crippen LogP contribution in [0.2, 0.25) is 0 Å². The minimum atomic E-state index is -0.575. The van der Waals surface area contributed by atoms with Gasteiger partial charge in [-0.2, -0.15) is 0 Å². The van der Waals surface area contributed by atoms with Crippen LogP contribution in [0.3, 0.4) is 0 Å². The maximum absolute atomic E-state index is 10.1. The summed E-state index contributed by atoms with van der Waals surface area (Å²) in [5.41, 5.74) is 1.50. The van der Waals surface area contributed by atoms with Crippen molar-refractivity contribution in [3.05, 3.63) is 18.5 Å². The Kier molecular flexibility index (Phi) is 3.01. The van der Waals surface area contributed by atoms with Crippen LogP contribution < -0.4 is 10.2 Å². The highest BCUT2D eigenvalue weighted by Crippen LogP contribution is 2.26. The number of β-amino-alcohol motifs (C(OH)–C–C–N with tert-alkyl or cyclic N) is 1. The smallest absolute Gasteiger partial charge is 0.0794 e. The van der Waals surface area contributed by atoms with Gasteiger partial charge in [-0.25, -0.2) is 0 Å². The first-order chi connectivity index (χ1) is 7.61. The molecule has 0 radical (unpaired) electrons. The van der Waals surface area contributed by atoms with Crippen molar-refractivity contribution in [1.82, 2.24) is 4.98 Å². The van der Waals surface area contributed by atoms with E-state index in [-0.39, 0.29) is 0 Å². The van der Waals surface area contributed by atoms with Crippen LogP contribution in [0.4, 0.5) is 11.4 Å². The number of rotatable bonds is 2. The molecule has 1 atom stereocenters. The van der Waals surface area contributed by atoms with Gasteiger partial charge in [-0.05, 0) is 25.8 Å². The van der Waals surface area contributed by atoms with Crippen molar-refractivity contribution in [2.45, 2.75) is 25.4 Å². The maximum Gasteiger partial charge on any atom is 0.0794 e. The van der Waals surface area contributed by atoms with Gasteiger partial charge in [0.2, 0.25) is 0 Å². The number of pyridine rings is 1. The van der Waals surface area contributed by atoms with Crippen LogP contribution in [-0.2, 0) is 0 Å². The van der Waals surface area contributed by atoms with Gasteiger partial charge >= 0.3 is 0 Å². The third-order valence-corrected chi connectivity index (χ3v) is 3.05. The van der Waals surface area contributed by atoms with Crippen LogP contribution in [0, 0.1) is 0 Å². The highest BCUT2D eigenvalue weighted by Gasteiger charge is 2.28. The molecule has 1 aromatic heterocycles. The molecule has 2 N–H and O–H groups in total. The molecule has 1 aliphatic rings. The Morgan fingerprint density at radius 3 is 3.00 bits per heavy atom. The van der Waals surface area contributed by atoms with E-state index in [9.17, 15) is 5.11 Å². The van der Waals surface area contributed by atoms with Gasteiger partial charge in [0, 0.05) is 20.1 Å². The summed E-state index contributed by atoms with van der Waals surface area (Å²) >= 11 is 0. The molecule has 0 spiro atoms. The fourth-order valence-electron chi connectivity index (χ4n) is 2.18. The van der Waals surface area contributed by atoms with E-state index < -0.39 is 5.60 Å². The van der Waals surface area contributed by atoms with Crippen LogP contribution >= 0.6 is 0 Å². The predicted octanol–water partition coefficient (Wildman–Crippen LogP) is 1.47. The van der Waals surface area contributed by atoms with Crippen molar-refractivity contribution in [1.29, 1.82) is 0 Å². The normalized spacial score (nSPS) is 25.6. The molecule has 0 aromatic carbocycles. The zero-order chi connectivity index (χ0) is 11.6. The van der Waals surface area contributed by atoms with Crippen LogP contribution in [0.15, 0.2) is 18.5 Å². The molecular weight excluding hydrogens is 202 g/mol. The van der Waals surface area contributed by atoms with Crippen molar-refractivity contribution >= 4 is 11.4 Å². The summed E-state index contributed by atoms with van der Waals surface area (Å²) in [4.78, 5) is 6.38. The van der Waals surface area contributed by atoms with Gasteiger partial charge in [0.05, 0.1) is 29.4 Å². The standard InChI is InChI=1S/C12H19N3O/c1-12(16)4-3-5-15(9-12)11-6-10(13-2)7-14-8-11/h6-8,13,16H,3-5,9H2,1-2H3. The molecule has 1 fully saturated rings. The monoisotopic (exact) mass is 221 g/mol. The minimum absolute atomic E-state index is 0.575. The molecule has 1 unspecified atom stereocenters. The van der Waals surface area contributed by atoms with E-state index in [0.717, 1.165) is 30.8 Å². The lowest BCUT2D eigenvalue weighted by molar-refractivity contribution is 0.0449. The van der Waals surface area contributed by atoms with Crippen LogP contribution in [0.25, 0.3) is 0 Å². The first-order valence-electron chi connectivity index (χ1n) is 5.71. The Morgan fingerprint density at radius 2 is 2.31 bits per heavy atom. The third-order valence-electron chi connectivity index (χ3n) is 3.05. The quantitative estimate of drug-likeness (QED) is 0.794. The van der Waals surface area contributed by atoms with E-state index in [1.165, 1.54) is 0 Å². The molecular formula is C12H19N3O. The molecule has 0 amide bonds. The van der Waals surface area contributed by atoms with E-state index in [0.29, 0.717) is 6.54 Å². The van der Waals surface area contributed by atoms with Gasteiger partial charge in [-0.1, -0.05) is 0 Å². The first kappa shape index (κ1) is 11.2. The topological polar surface area (TPSA) is 48.4 Å². The number of aromatic nitrogens is 1. The number of piperidine rings is 1. The lowest BCUT2D eigenvalue weighted by atomic mass is 9.95. The Bertz CT molecular complexity index is 365. The zero-order valence-electron chi connectivity index (χ0n) is 9.90. The molecule has 2 rings (SSSR count). The second-order valence-corrected chi connectivity index (χ2v) is 4.70. The van der Waals surface area contributed by atoms with E-state index in [4.69, 9.17) is 0 Å². The van der Waals surface area contributed by atoms with Crippen LogP contribution in [-0.4, -0.2) is 35.8 Å². The molecule has 1 aromatic rings. The Morgan fingerprint density at radius 1 is 1.50 bits per heavy atom. The van der Waals surface area contributed by atoms with Crippen LogP contribution in [0.5, 0.6) is 0 Å². The number of anilines is 2. The molecule has 2 heterocycles. The van der Waals surface area contributed by atoms with Crippen molar-refractivity contribution in [2.24, 2.45) is 0 Å². The SMILES string of the molecule is CNc1cncc(N2CCCC(C)(O)C2)c1. The molecule has 1 saturated heterocycles. The molecule has 88 valence electrons. The lowest BCUT2D eigenvalue weighted by Crippen LogP contribution is -2.46. The summed E-state index contributed by atoms with van der Waals surface area (Å²) in [7, 11) is 1.88. The Balaban J connectivity index is 2.16. The lowest BCUT2D eigenvalue weighted by Gasteiger charge is -2.38. The average Bonchev–Trinajstić information content (AvgIpc) is 2.28. The van der Waals surface area contributed by atoms with Crippen LogP contribution in [0.1, 0.15) is 19.8 Å². The van der Waals surface area contributed by atoms with E-state index >= 15 is 0 Å². The summed E-state index contributed by atoms with van der Waals surface area (Å²) in [6.07, 6.45) is 5.55. The highest BCUT2D eigenvalue weighted by molar-refractivity contribution is 5.55. The molecule has 4 heteroatoms. The summed E-state index contributed by atoms with van der Waals surface area (Å²) in [5, 5.41) is 13.1. The minimum Gasteiger partial charge on any atom is -0.388 e. The molecule has 0 bridgehead atoms. The Labute approximate surface area is 96.3 Å². The largest absolute Gasteiger partial charge is 0.388 e. The van der Waals surface area contributed by atoms with Crippen molar-refractivity contribution in [3.63, 3.8) is 0 Å². The second-order valence-electron chi connectivity index (χ2n) is 4.70.